The first-order valence-electron chi connectivity index (χ1n) is 7.66. The second-order valence-corrected chi connectivity index (χ2v) is 6.30. The van der Waals surface area contributed by atoms with E-state index >= 15 is 0 Å². The van der Waals surface area contributed by atoms with E-state index in [9.17, 15) is 4.79 Å². The van der Waals surface area contributed by atoms with Crippen molar-refractivity contribution in [2.45, 2.75) is 45.3 Å². The van der Waals surface area contributed by atoms with E-state index in [-0.39, 0.29) is 11.9 Å². The van der Waals surface area contributed by atoms with Gasteiger partial charge in [0.25, 0.3) is 0 Å². The van der Waals surface area contributed by atoms with Crippen LogP contribution in [0.1, 0.15) is 39.2 Å². The van der Waals surface area contributed by atoms with Gasteiger partial charge in [-0.1, -0.05) is 0 Å². The van der Waals surface area contributed by atoms with Gasteiger partial charge in [-0.25, -0.2) is 0 Å². The minimum atomic E-state index is -0.0945. The summed E-state index contributed by atoms with van der Waals surface area (Å²) in [7, 11) is 0. The smallest absolute Gasteiger partial charge is 0.245 e. The Balaban J connectivity index is 1.57. The maximum atomic E-state index is 12.6. The van der Waals surface area contributed by atoms with E-state index in [0.717, 1.165) is 39.0 Å². The molecule has 2 aliphatic rings. The summed E-state index contributed by atoms with van der Waals surface area (Å²) in [5, 5.41) is 0. The largest absolute Gasteiger partial charge is 0.378 e. The first kappa shape index (κ1) is 13.7. The zero-order valence-corrected chi connectivity index (χ0v) is 12.4. The zero-order chi connectivity index (χ0) is 14.2. The van der Waals surface area contributed by atoms with Gasteiger partial charge in [0.1, 0.15) is 6.04 Å². The molecule has 0 N–H and O–H groups in total. The molecule has 1 saturated heterocycles. The normalized spacial score (nSPS) is 30.5. The van der Waals surface area contributed by atoms with Gasteiger partial charge in [-0.3, -0.25) is 4.79 Å². The molecular formula is C16H24N2O2. The molecule has 0 aromatic carbocycles. The molecule has 1 unspecified atom stereocenters. The molecule has 0 radical (unpaired) electrons. The van der Waals surface area contributed by atoms with Crippen molar-refractivity contribution >= 4 is 5.91 Å². The third-order valence-corrected chi connectivity index (χ3v) is 4.91. The number of likely N-dealkylation sites (tertiary alicyclic amines) is 1. The fraction of sp³-hybridized carbons (Fsp3) is 0.688. The number of nitrogens with zero attached hydrogens (tertiary/aromatic N) is 2. The van der Waals surface area contributed by atoms with Crippen LogP contribution < -0.4 is 0 Å². The number of carbonyl (C=O) groups is 1. The van der Waals surface area contributed by atoms with Crippen LogP contribution in [-0.4, -0.2) is 41.2 Å². The van der Waals surface area contributed by atoms with Crippen molar-refractivity contribution in [2.75, 3.05) is 19.7 Å². The highest BCUT2D eigenvalue weighted by molar-refractivity contribution is 5.80. The number of amides is 1. The standard InChI is InChI=1S/C16H24N2O2/c1-3-20-14-10-16(11-14)6-9-18(12-16)15(19)13(2)17-7-4-5-8-17/h4-5,7-8,13-14H,3,6,9-12H2,1-2H3. The van der Waals surface area contributed by atoms with Crippen molar-refractivity contribution in [3.05, 3.63) is 24.5 Å². The maximum absolute atomic E-state index is 12.6. The molecule has 1 amide bonds. The average Bonchev–Trinajstić information content (AvgIpc) is 3.06. The monoisotopic (exact) mass is 276 g/mol. The Morgan fingerprint density at radius 1 is 1.40 bits per heavy atom. The second-order valence-electron chi connectivity index (χ2n) is 6.30. The highest BCUT2D eigenvalue weighted by atomic mass is 16.5. The molecule has 2 fully saturated rings. The Morgan fingerprint density at radius 2 is 2.10 bits per heavy atom. The molecule has 0 bridgehead atoms. The SMILES string of the molecule is CCOC1CC2(CCN(C(=O)C(C)n3cccc3)C2)C1. The van der Waals surface area contributed by atoms with Crippen molar-refractivity contribution in [3.63, 3.8) is 0 Å². The van der Waals surface area contributed by atoms with E-state index in [1.54, 1.807) is 0 Å². The number of aromatic nitrogens is 1. The number of carbonyl (C=O) groups excluding carboxylic acids is 1. The summed E-state index contributed by atoms with van der Waals surface area (Å²) >= 11 is 0. The van der Waals surface area contributed by atoms with E-state index < -0.39 is 0 Å². The first-order chi connectivity index (χ1) is 9.63. The van der Waals surface area contributed by atoms with Crippen LogP contribution in [0.2, 0.25) is 0 Å². The van der Waals surface area contributed by atoms with Crippen LogP contribution in [-0.2, 0) is 9.53 Å². The molecule has 1 aliphatic carbocycles. The van der Waals surface area contributed by atoms with Crippen LogP contribution in [0.5, 0.6) is 0 Å². The van der Waals surface area contributed by atoms with Crippen LogP contribution in [0.25, 0.3) is 0 Å². The highest BCUT2D eigenvalue weighted by Gasteiger charge is 2.50. The van der Waals surface area contributed by atoms with Crippen LogP contribution in [0, 0.1) is 5.41 Å². The second kappa shape index (κ2) is 5.24. The molecule has 1 aromatic rings. The van der Waals surface area contributed by atoms with Gasteiger partial charge in [0.2, 0.25) is 5.91 Å². The van der Waals surface area contributed by atoms with Gasteiger partial charge in [-0.15, -0.1) is 0 Å². The summed E-state index contributed by atoms with van der Waals surface area (Å²) in [6.45, 7) is 6.66. The van der Waals surface area contributed by atoms with Gasteiger partial charge in [0, 0.05) is 32.1 Å². The van der Waals surface area contributed by atoms with Crippen LogP contribution in [0.3, 0.4) is 0 Å². The number of ether oxygens (including phenoxy) is 1. The number of hydrogen-bond acceptors (Lipinski definition) is 2. The summed E-state index contributed by atoms with van der Waals surface area (Å²) in [6.07, 6.45) is 7.74. The Labute approximate surface area is 120 Å². The molecule has 20 heavy (non-hydrogen) atoms. The van der Waals surface area contributed by atoms with E-state index in [0.29, 0.717) is 11.5 Å². The molecule has 1 aliphatic heterocycles. The molecule has 1 aromatic heterocycles. The number of rotatable bonds is 4. The number of hydrogen-bond donors (Lipinski definition) is 0. The van der Waals surface area contributed by atoms with Gasteiger partial charge < -0.3 is 14.2 Å². The fourth-order valence-corrected chi connectivity index (χ4v) is 3.71. The van der Waals surface area contributed by atoms with Crippen LogP contribution >= 0.6 is 0 Å². The van der Waals surface area contributed by atoms with Crippen molar-refractivity contribution in [2.24, 2.45) is 5.41 Å². The molecule has 4 heteroatoms. The van der Waals surface area contributed by atoms with Gasteiger partial charge >= 0.3 is 0 Å². The Hall–Kier alpha value is -1.29. The highest BCUT2D eigenvalue weighted by Crippen LogP contribution is 2.49. The van der Waals surface area contributed by atoms with Gasteiger partial charge in [0.15, 0.2) is 0 Å². The van der Waals surface area contributed by atoms with Crippen LogP contribution in [0.4, 0.5) is 0 Å². The van der Waals surface area contributed by atoms with E-state index in [1.165, 1.54) is 0 Å². The molecule has 110 valence electrons. The summed E-state index contributed by atoms with van der Waals surface area (Å²) < 4.78 is 7.64. The minimum absolute atomic E-state index is 0.0945. The Morgan fingerprint density at radius 3 is 2.75 bits per heavy atom. The quantitative estimate of drug-likeness (QED) is 0.846. The topological polar surface area (TPSA) is 34.5 Å². The molecule has 1 saturated carbocycles. The maximum Gasteiger partial charge on any atom is 0.245 e. The lowest BCUT2D eigenvalue weighted by Gasteiger charge is -2.44. The minimum Gasteiger partial charge on any atom is -0.378 e. The summed E-state index contributed by atoms with van der Waals surface area (Å²) in [5.41, 5.74) is 0.353. The molecular weight excluding hydrogens is 252 g/mol. The van der Waals surface area contributed by atoms with Crippen molar-refractivity contribution in [1.29, 1.82) is 0 Å². The average molecular weight is 276 g/mol. The summed E-state index contributed by atoms with van der Waals surface area (Å²) in [4.78, 5) is 14.6. The lowest BCUT2D eigenvalue weighted by molar-refractivity contribution is -0.135. The Bertz CT molecular complexity index is 463. The lowest BCUT2D eigenvalue weighted by Crippen LogP contribution is -2.45. The van der Waals surface area contributed by atoms with Gasteiger partial charge in [-0.05, 0) is 50.7 Å². The van der Waals surface area contributed by atoms with Crippen molar-refractivity contribution in [3.8, 4) is 0 Å². The predicted octanol–water partition coefficient (Wildman–Crippen LogP) is 2.47. The molecule has 2 heterocycles. The molecule has 1 atom stereocenters. The van der Waals surface area contributed by atoms with E-state index in [2.05, 4.69) is 0 Å². The summed E-state index contributed by atoms with van der Waals surface area (Å²) in [5.74, 6) is 0.248. The molecule has 4 nitrogen and oxygen atoms in total. The molecule has 1 spiro atoms. The van der Waals surface area contributed by atoms with Crippen LogP contribution in [0.15, 0.2) is 24.5 Å². The zero-order valence-electron chi connectivity index (χ0n) is 12.4. The summed E-state index contributed by atoms with van der Waals surface area (Å²) in [6, 6.07) is 3.84. The lowest BCUT2D eigenvalue weighted by atomic mass is 9.66. The van der Waals surface area contributed by atoms with Crippen molar-refractivity contribution < 1.29 is 9.53 Å². The third kappa shape index (κ3) is 2.37. The van der Waals surface area contributed by atoms with Crippen molar-refractivity contribution in [1.82, 2.24) is 9.47 Å². The van der Waals surface area contributed by atoms with Gasteiger partial charge in [0.05, 0.1) is 6.10 Å². The Kier molecular flexibility index (Phi) is 3.59. The predicted molar refractivity (Wildman–Crippen MR) is 77.4 cm³/mol. The van der Waals surface area contributed by atoms with E-state index in [4.69, 9.17) is 4.74 Å². The third-order valence-electron chi connectivity index (χ3n) is 4.91. The van der Waals surface area contributed by atoms with E-state index in [1.807, 2.05) is 47.8 Å². The molecule has 3 rings (SSSR count). The fourth-order valence-electron chi connectivity index (χ4n) is 3.71. The first-order valence-corrected chi connectivity index (χ1v) is 7.66. The van der Waals surface area contributed by atoms with Gasteiger partial charge in [-0.2, -0.15) is 0 Å².